The number of carbonyl (C=O) groups is 2. The lowest BCUT2D eigenvalue weighted by Crippen LogP contribution is -2.62. The van der Waals surface area contributed by atoms with Gasteiger partial charge in [-0.05, 0) is 19.8 Å². The molecule has 1 atom stereocenters. The van der Waals surface area contributed by atoms with Gasteiger partial charge in [0.2, 0.25) is 11.8 Å². The summed E-state index contributed by atoms with van der Waals surface area (Å²) in [5.74, 6) is -0.0904. The molecule has 0 radical (unpaired) electrons. The molecule has 3 aliphatic rings. The van der Waals surface area contributed by atoms with E-state index in [9.17, 15) is 9.59 Å². The van der Waals surface area contributed by atoms with Crippen LogP contribution in [0, 0.1) is 0 Å². The van der Waals surface area contributed by atoms with Crippen LogP contribution >= 0.6 is 0 Å². The molecule has 25 heavy (non-hydrogen) atoms. The molecule has 6 nitrogen and oxygen atoms in total. The SMILES string of the molecule is CC(=O)N1C2(C=CC1(C)C(=O)NCCN1CCOCC1)CCCCC2. The summed E-state index contributed by atoms with van der Waals surface area (Å²) in [5, 5.41) is 3.05. The van der Waals surface area contributed by atoms with Gasteiger partial charge in [0, 0.05) is 33.1 Å². The van der Waals surface area contributed by atoms with Crippen molar-refractivity contribution >= 4 is 11.8 Å². The van der Waals surface area contributed by atoms with Crippen molar-refractivity contribution in [2.75, 3.05) is 39.4 Å². The third-order valence-electron chi connectivity index (χ3n) is 5.94. The maximum Gasteiger partial charge on any atom is 0.249 e. The van der Waals surface area contributed by atoms with E-state index >= 15 is 0 Å². The topological polar surface area (TPSA) is 61.9 Å². The van der Waals surface area contributed by atoms with E-state index in [1.807, 2.05) is 17.9 Å². The first-order chi connectivity index (χ1) is 12.0. The van der Waals surface area contributed by atoms with Crippen LogP contribution in [0.3, 0.4) is 0 Å². The van der Waals surface area contributed by atoms with E-state index < -0.39 is 5.54 Å². The normalized spacial score (nSPS) is 29.1. The van der Waals surface area contributed by atoms with E-state index in [0.29, 0.717) is 6.54 Å². The second-order valence-electron chi connectivity index (χ2n) is 7.71. The molecule has 2 heterocycles. The summed E-state index contributed by atoms with van der Waals surface area (Å²) in [5.41, 5.74) is -1.14. The van der Waals surface area contributed by atoms with E-state index in [1.54, 1.807) is 6.92 Å². The molecule has 1 unspecified atom stereocenters. The van der Waals surface area contributed by atoms with Crippen LogP contribution in [0.5, 0.6) is 0 Å². The summed E-state index contributed by atoms with van der Waals surface area (Å²) in [7, 11) is 0. The summed E-state index contributed by atoms with van der Waals surface area (Å²) < 4.78 is 5.35. The van der Waals surface area contributed by atoms with Gasteiger partial charge in [-0.2, -0.15) is 0 Å². The minimum absolute atomic E-state index is 0.0160. The number of rotatable bonds is 4. The Morgan fingerprint density at radius 2 is 1.80 bits per heavy atom. The average molecular weight is 349 g/mol. The van der Waals surface area contributed by atoms with Gasteiger partial charge in [-0.25, -0.2) is 0 Å². The van der Waals surface area contributed by atoms with Gasteiger partial charge in [0.05, 0.1) is 18.8 Å². The fraction of sp³-hybridized carbons (Fsp3) is 0.789. The van der Waals surface area contributed by atoms with Crippen molar-refractivity contribution in [1.82, 2.24) is 15.1 Å². The molecule has 3 rings (SSSR count). The van der Waals surface area contributed by atoms with Crippen LogP contribution in [-0.2, 0) is 14.3 Å². The van der Waals surface area contributed by atoms with Crippen LogP contribution in [0.4, 0.5) is 0 Å². The predicted molar refractivity (Wildman–Crippen MR) is 96.1 cm³/mol. The van der Waals surface area contributed by atoms with Crippen molar-refractivity contribution in [3.05, 3.63) is 12.2 Å². The zero-order chi connectivity index (χ0) is 17.9. The largest absolute Gasteiger partial charge is 0.379 e. The Bertz CT molecular complexity index is 536. The highest BCUT2D eigenvalue weighted by Gasteiger charge is 2.53. The molecular weight excluding hydrogens is 318 g/mol. The number of nitrogens with one attached hydrogen (secondary N) is 1. The number of morpholine rings is 1. The van der Waals surface area contributed by atoms with Crippen molar-refractivity contribution in [1.29, 1.82) is 0 Å². The fourth-order valence-corrected chi connectivity index (χ4v) is 4.63. The molecule has 140 valence electrons. The maximum absolute atomic E-state index is 13.0. The highest BCUT2D eigenvalue weighted by atomic mass is 16.5. The first kappa shape index (κ1) is 18.4. The third kappa shape index (κ3) is 3.60. The maximum atomic E-state index is 13.0. The summed E-state index contributed by atoms with van der Waals surface area (Å²) in [6.07, 6.45) is 9.42. The molecule has 0 aromatic rings. The number of carbonyl (C=O) groups excluding carboxylic acids is 2. The summed E-state index contributed by atoms with van der Waals surface area (Å²) in [6.45, 7) is 8.22. The highest BCUT2D eigenvalue weighted by Crippen LogP contribution is 2.44. The van der Waals surface area contributed by atoms with Crippen LogP contribution < -0.4 is 5.32 Å². The van der Waals surface area contributed by atoms with Gasteiger partial charge in [0.1, 0.15) is 5.54 Å². The van der Waals surface area contributed by atoms with Gasteiger partial charge < -0.3 is 15.0 Å². The Hall–Kier alpha value is -1.40. The standard InChI is InChI=1S/C19H31N3O3/c1-16(23)22-18(2,8-9-19(22)6-4-3-5-7-19)17(24)20-10-11-21-12-14-25-15-13-21/h8-9H,3-7,10-15H2,1-2H3,(H,20,24). The lowest BCUT2D eigenvalue weighted by Gasteiger charge is -2.46. The van der Waals surface area contributed by atoms with Crippen LogP contribution in [0.25, 0.3) is 0 Å². The number of hydrogen-bond donors (Lipinski definition) is 1. The summed E-state index contributed by atoms with van der Waals surface area (Å²) in [4.78, 5) is 29.5. The molecule has 0 aromatic carbocycles. The smallest absolute Gasteiger partial charge is 0.249 e. The molecule has 1 aliphatic carbocycles. The highest BCUT2D eigenvalue weighted by molar-refractivity contribution is 5.94. The van der Waals surface area contributed by atoms with E-state index in [4.69, 9.17) is 4.74 Å². The van der Waals surface area contributed by atoms with Gasteiger partial charge in [-0.1, -0.05) is 31.4 Å². The van der Waals surface area contributed by atoms with Gasteiger partial charge in [0.25, 0.3) is 0 Å². The minimum Gasteiger partial charge on any atom is -0.379 e. The van der Waals surface area contributed by atoms with Crippen molar-refractivity contribution in [2.24, 2.45) is 0 Å². The molecule has 1 spiro atoms. The van der Waals surface area contributed by atoms with Crippen LogP contribution in [-0.4, -0.2) is 72.1 Å². The third-order valence-corrected chi connectivity index (χ3v) is 5.94. The van der Waals surface area contributed by atoms with E-state index in [2.05, 4.69) is 16.3 Å². The number of ether oxygens (including phenoxy) is 1. The molecule has 2 fully saturated rings. The monoisotopic (exact) mass is 349 g/mol. The summed E-state index contributed by atoms with van der Waals surface area (Å²) >= 11 is 0. The Labute approximate surface area is 150 Å². The van der Waals surface area contributed by atoms with E-state index in [1.165, 1.54) is 6.42 Å². The van der Waals surface area contributed by atoms with Crippen molar-refractivity contribution < 1.29 is 14.3 Å². The molecule has 1 saturated carbocycles. The Morgan fingerprint density at radius 1 is 1.12 bits per heavy atom. The molecule has 1 saturated heterocycles. The Balaban J connectivity index is 1.63. The van der Waals surface area contributed by atoms with E-state index in [0.717, 1.165) is 58.5 Å². The fourth-order valence-electron chi connectivity index (χ4n) is 4.63. The average Bonchev–Trinajstić information content (AvgIpc) is 2.90. The first-order valence-corrected chi connectivity index (χ1v) is 9.58. The molecule has 0 aromatic heterocycles. The number of amides is 2. The zero-order valence-electron chi connectivity index (χ0n) is 15.6. The molecule has 1 N–H and O–H groups in total. The Morgan fingerprint density at radius 3 is 2.44 bits per heavy atom. The van der Waals surface area contributed by atoms with Gasteiger partial charge in [-0.3, -0.25) is 14.5 Å². The predicted octanol–water partition coefficient (Wildman–Crippen LogP) is 1.31. The van der Waals surface area contributed by atoms with Crippen molar-refractivity contribution in [3.8, 4) is 0 Å². The van der Waals surface area contributed by atoms with Crippen LogP contribution in [0.1, 0.15) is 46.0 Å². The quantitative estimate of drug-likeness (QED) is 0.778. The number of nitrogens with zero attached hydrogens (tertiary/aromatic N) is 2. The second-order valence-corrected chi connectivity index (χ2v) is 7.71. The van der Waals surface area contributed by atoms with Gasteiger partial charge >= 0.3 is 0 Å². The zero-order valence-corrected chi connectivity index (χ0v) is 15.6. The second kappa shape index (κ2) is 7.46. The minimum atomic E-state index is -0.881. The summed E-state index contributed by atoms with van der Waals surface area (Å²) in [6, 6.07) is 0. The van der Waals surface area contributed by atoms with Crippen molar-refractivity contribution in [2.45, 2.75) is 57.0 Å². The van der Waals surface area contributed by atoms with Gasteiger partial charge in [-0.15, -0.1) is 0 Å². The molecular formula is C19H31N3O3. The van der Waals surface area contributed by atoms with E-state index in [-0.39, 0.29) is 17.4 Å². The Kier molecular flexibility index (Phi) is 5.49. The molecule has 0 bridgehead atoms. The van der Waals surface area contributed by atoms with Crippen LogP contribution in [0.2, 0.25) is 0 Å². The van der Waals surface area contributed by atoms with Crippen molar-refractivity contribution in [3.63, 3.8) is 0 Å². The number of hydrogen-bond acceptors (Lipinski definition) is 4. The molecule has 2 amide bonds. The lowest BCUT2D eigenvalue weighted by molar-refractivity contribution is -0.148. The molecule has 2 aliphatic heterocycles. The molecule has 6 heteroatoms. The lowest BCUT2D eigenvalue weighted by atomic mass is 9.81. The van der Waals surface area contributed by atoms with Crippen LogP contribution in [0.15, 0.2) is 12.2 Å². The first-order valence-electron chi connectivity index (χ1n) is 9.58. The van der Waals surface area contributed by atoms with Gasteiger partial charge in [0.15, 0.2) is 0 Å².